The Bertz CT molecular complexity index is 3770. The van der Waals surface area contributed by atoms with Crippen LogP contribution in [-0.2, 0) is 0 Å². The van der Waals surface area contributed by atoms with Crippen molar-refractivity contribution in [3.63, 3.8) is 0 Å². The van der Waals surface area contributed by atoms with Gasteiger partial charge < -0.3 is 14.2 Å². The van der Waals surface area contributed by atoms with Crippen molar-refractivity contribution in [2.24, 2.45) is 0 Å². The lowest BCUT2D eigenvalue weighted by atomic mass is 9.93. The minimum Gasteiger partial charge on any atom is -0.456 e. The summed E-state index contributed by atoms with van der Waals surface area (Å²) in [7, 11) is 0. The van der Waals surface area contributed by atoms with Gasteiger partial charge in [0.05, 0.1) is 11.0 Å². The summed E-state index contributed by atoms with van der Waals surface area (Å²) in [6.07, 6.45) is 0. The van der Waals surface area contributed by atoms with Crippen LogP contribution in [-0.4, -0.2) is 4.57 Å². The lowest BCUT2D eigenvalue weighted by molar-refractivity contribution is 0.487. The zero-order valence-electron chi connectivity index (χ0n) is 36.6. The second-order valence-electron chi connectivity index (χ2n) is 17.3. The van der Waals surface area contributed by atoms with E-state index >= 15 is 0 Å². The fraction of sp³-hybridized carbons (Fsp3) is 0. The van der Waals surface area contributed by atoms with Crippen molar-refractivity contribution in [1.82, 2.24) is 4.57 Å². The molecule has 3 heteroatoms. The highest BCUT2D eigenvalue weighted by molar-refractivity contribution is 6.10. The van der Waals surface area contributed by atoms with E-state index in [9.17, 15) is 0 Å². The number of benzene rings is 11. The first kappa shape index (κ1) is 38.5. The maximum absolute atomic E-state index is 6.54. The lowest BCUT2D eigenvalue weighted by Gasteiger charge is -2.26. The molecule has 0 N–H and O–H groups in total. The third kappa shape index (κ3) is 6.76. The van der Waals surface area contributed by atoms with Gasteiger partial charge in [0.15, 0.2) is 0 Å². The SMILES string of the molecule is c1ccc(-c2ccc(N(c3ccc(-c4ccc5c(c4)Oc4cccc6cccc-5c46)cc3)c3ccc(-c4ccc5c(c4)c4ccccc4n5-c4ccc(-c5ccccc5)cc4)cc3)cc2)cc1. The molecule has 1 aliphatic rings. The molecular weight excluding hydrogens is 813 g/mol. The predicted molar refractivity (Wildman–Crippen MR) is 280 cm³/mol. The van der Waals surface area contributed by atoms with E-state index in [2.05, 4.69) is 264 Å². The fourth-order valence-electron chi connectivity index (χ4n) is 10.1. The van der Waals surface area contributed by atoms with Gasteiger partial charge in [-0.15, -0.1) is 0 Å². The van der Waals surface area contributed by atoms with Crippen molar-refractivity contribution >= 4 is 49.6 Å². The van der Waals surface area contributed by atoms with Gasteiger partial charge in [0.25, 0.3) is 0 Å². The number of aromatic nitrogens is 1. The van der Waals surface area contributed by atoms with Crippen molar-refractivity contribution in [3.05, 3.63) is 255 Å². The van der Waals surface area contributed by atoms with Gasteiger partial charge in [0, 0.05) is 44.5 Å². The summed E-state index contributed by atoms with van der Waals surface area (Å²) in [5.74, 6) is 1.79. The van der Waals surface area contributed by atoms with Crippen LogP contribution in [0.25, 0.3) is 93.9 Å². The van der Waals surface area contributed by atoms with E-state index in [0.29, 0.717) is 0 Å². The van der Waals surface area contributed by atoms with Crippen molar-refractivity contribution in [3.8, 4) is 72.8 Å². The van der Waals surface area contributed by atoms with Crippen molar-refractivity contribution in [2.75, 3.05) is 4.90 Å². The topological polar surface area (TPSA) is 17.4 Å². The zero-order valence-corrected chi connectivity index (χ0v) is 36.6. The van der Waals surface area contributed by atoms with Gasteiger partial charge in [-0.05, 0) is 140 Å². The Morgan fingerprint density at radius 1 is 0.299 bits per heavy atom. The highest BCUT2D eigenvalue weighted by Crippen LogP contribution is 2.48. The molecule has 0 spiro atoms. The predicted octanol–water partition coefficient (Wildman–Crippen LogP) is 17.8. The molecule has 1 aliphatic heterocycles. The zero-order chi connectivity index (χ0) is 44.3. The number of hydrogen-bond acceptors (Lipinski definition) is 2. The van der Waals surface area contributed by atoms with Gasteiger partial charge in [0.1, 0.15) is 11.5 Å². The summed E-state index contributed by atoms with van der Waals surface area (Å²) in [4.78, 5) is 2.34. The Morgan fingerprint density at radius 2 is 0.776 bits per heavy atom. The molecule has 3 nitrogen and oxygen atoms in total. The van der Waals surface area contributed by atoms with Crippen LogP contribution in [0.2, 0.25) is 0 Å². The van der Waals surface area contributed by atoms with Crippen LogP contribution in [0.15, 0.2) is 255 Å². The molecule has 0 atom stereocenters. The molecule has 314 valence electrons. The summed E-state index contributed by atoms with van der Waals surface area (Å²) >= 11 is 0. The first-order valence-corrected chi connectivity index (χ1v) is 22.9. The standard InChI is InChI=1S/C64H42N2O/c1-3-11-43(12-4-1)45-21-31-52(32-22-45)65(54-35-27-48(28-36-54)51-29-39-57-58-18-9-15-49-16-10-20-62(64(49)58)67-63(57)42-51)53-33-25-47(26-34-53)50-30-40-61-59(41-50)56-17-7-8-19-60(56)66(61)55-37-23-46(24-38-55)44-13-5-2-6-14-44/h1-42H. The maximum atomic E-state index is 6.54. The Morgan fingerprint density at radius 3 is 1.40 bits per heavy atom. The van der Waals surface area contributed by atoms with Gasteiger partial charge in [0.2, 0.25) is 0 Å². The van der Waals surface area contributed by atoms with Crippen LogP contribution in [0.4, 0.5) is 17.1 Å². The number of anilines is 3. The molecule has 67 heavy (non-hydrogen) atoms. The van der Waals surface area contributed by atoms with Gasteiger partial charge in [-0.2, -0.15) is 0 Å². The molecule has 2 heterocycles. The fourth-order valence-corrected chi connectivity index (χ4v) is 10.1. The second kappa shape index (κ2) is 16.0. The first-order chi connectivity index (χ1) is 33.2. The Balaban J connectivity index is 0.843. The van der Waals surface area contributed by atoms with E-state index in [4.69, 9.17) is 4.74 Å². The van der Waals surface area contributed by atoms with E-state index in [1.807, 2.05) is 0 Å². The smallest absolute Gasteiger partial charge is 0.135 e. The molecule has 12 aromatic rings. The summed E-state index contributed by atoms with van der Waals surface area (Å²) < 4.78 is 8.93. The van der Waals surface area contributed by atoms with E-state index in [0.717, 1.165) is 56.5 Å². The van der Waals surface area contributed by atoms with E-state index in [1.54, 1.807) is 0 Å². The highest BCUT2D eigenvalue weighted by Gasteiger charge is 2.21. The monoisotopic (exact) mass is 854 g/mol. The van der Waals surface area contributed by atoms with E-state index in [-0.39, 0.29) is 0 Å². The Labute approximate surface area is 389 Å². The van der Waals surface area contributed by atoms with Crippen LogP contribution in [0, 0.1) is 0 Å². The minimum absolute atomic E-state index is 0.881. The largest absolute Gasteiger partial charge is 0.456 e. The summed E-state index contributed by atoms with van der Waals surface area (Å²) in [6.45, 7) is 0. The minimum atomic E-state index is 0.881. The summed E-state index contributed by atoms with van der Waals surface area (Å²) in [5, 5.41) is 4.84. The molecule has 0 unspecified atom stereocenters. The van der Waals surface area contributed by atoms with Crippen molar-refractivity contribution < 1.29 is 4.74 Å². The van der Waals surface area contributed by atoms with Gasteiger partial charge in [-0.3, -0.25) is 0 Å². The molecular formula is C64H42N2O. The molecule has 0 bridgehead atoms. The molecule has 11 aromatic carbocycles. The van der Waals surface area contributed by atoms with Gasteiger partial charge in [-0.1, -0.05) is 170 Å². The number of ether oxygens (including phenoxy) is 1. The van der Waals surface area contributed by atoms with Crippen LogP contribution < -0.4 is 9.64 Å². The molecule has 0 saturated heterocycles. The molecule has 0 fully saturated rings. The molecule has 0 radical (unpaired) electrons. The van der Waals surface area contributed by atoms with Gasteiger partial charge >= 0.3 is 0 Å². The lowest BCUT2D eigenvalue weighted by Crippen LogP contribution is -2.09. The number of rotatable bonds is 8. The molecule has 1 aromatic heterocycles. The number of fused-ring (bicyclic) bond motifs is 5. The first-order valence-electron chi connectivity index (χ1n) is 22.9. The second-order valence-corrected chi connectivity index (χ2v) is 17.3. The van der Waals surface area contributed by atoms with Crippen LogP contribution in [0.3, 0.4) is 0 Å². The quantitative estimate of drug-likeness (QED) is 0.151. The molecule has 0 saturated carbocycles. The van der Waals surface area contributed by atoms with Crippen molar-refractivity contribution in [1.29, 1.82) is 0 Å². The van der Waals surface area contributed by atoms with E-state index in [1.165, 1.54) is 66.0 Å². The van der Waals surface area contributed by atoms with Crippen LogP contribution in [0.1, 0.15) is 0 Å². The molecule has 13 rings (SSSR count). The number of hydrogen-bond donors (Lipinski definition) is 0. The number of para-hydroxylation sites is 1. The van der Waals surface area contributed by atoms with Crippen LogP contribution >= 0.6 is 0 Å². The molecule has 0 aliphatic carbocycles. The highest BCUT2D eigenvalue weighted by atomic mass is 16.5. The Kier molecular flexibility index (Phi) is 9.17. The maximum Gasteiger partial charge on any atom is 0.135 e. The third-order valence-electron chi connectivity index (χ3n) is 13.4. The summed E-state index contributed by atoms with van der Waals surface area (Å²) in [6, 6.07) is 91.8. The summed E-state index contributed by atoms with van der Waals surface area (Å²) in [5.41, 5.74) is 18.5. The average Bonchev–Trinajstić information content (AvgIpc) is 3.73. The van der Waals surface area contributed by atoms with Crippen molar-refractivity contribution in [2.45, 2.75) is 0 Å². The number of nitrogens with zero attached hydrogens (tertiary/aromatic N) is 2. The van der Waals surface area contributed by atoms with Crippen LogP contribution in [0.5, 0.6) is 11.5 Å². The van der Waals surface area contributed by atoms with Gasteiger partial charge in [-0.25, -0.2) is 0 Å². The average molecular weight is 855 g/mol. The third-order valence-corrected chi connectivity index (χ3v) is 13.4. The Hall–Kier alpha value is -8.92. The molecule has 0 amide bonds. The normalized spacial score (nSPS) is 11.7. The van der Waals surface area contributed by atoms with E-state index < -0.39 is 0 Å².